The van der Waals surface area contributed by atoms with Crippen molar-refractivity contribution in [2.45, 2.75) is 44.2 Å². The molecule has 0 amide bonds. The number of hydrogen-bond donors (Lipinski definition) is 1. The molecule has 3 fully saturated rings. The maximum absolute atomic E-state index is 5.94. The summed E-state index contributed by atoms with van der Waals surface area (Å²) >= 11 is 0. The fourth-order valence-electron chi connectivity index (χ4n) is 3.59. The second-order valence-electron chi connectivity index (χ2n) is 5.82. The highest BCUT2D eigenvalue weighted by molar-refractivity contribution is 4.94. The Hall–Kier alpha value is -0.120. The van der Waals surface area contributed by atoms with Gasteiger partial charge in [0.15, 0.2) is 0 Å². The van der Waals surface area contributed by atoms with Crippen LogP contribution in [0.1, 0.15) is 32.1 Å². The van der Waals surface area contributed by atoms with Gasteiger partial charge in [0, 0.05) is 31.7 Å². The third kappa shape index (κ3) is 2.13. The van der Waals surface area contributed by atoms with Crippen LogP contribution < -0.4 is 5.73 Å². The lowest BCUT2D eigenvalue weighted by atomic mass is 10.1. The lowest BCUT2D eigenvalue weighted by Crippen LogP contribution is -2.43. The second kappa shape index (κ2) is 4.63. The van der Waals surface area contributed by atoms with Gasteiger partial charge in [0.1, 0.15) is 0 Å². The Morgan fingerprint density at radius 2 is 1.81 bits per heavy atom. The fraction of sp³-hybridized carbons (Fsp3) is 1.00. The molecule has 2 heterocycles. The van der Waals surface area contributed by atoms with E-state index in [1.165, 1.54) is 58.3 Å². The van der Waals surface area contributed by atoms with Crippen molar-refractivity contribution in [2.24, 2.45) is 11.7 Å². The van der Waals surface area contributed by atoms with E-state index in [4.69, 9.17) is 5.73 Å². The predicted octanol–water partition coefficient (Wildman–Crippen LogP) is 0.894. The third-order valence-electron chi connectivity index (χ3n) is 4.73. The molecule has 3 aliphatic rings. The van der Waals surface area contributed by atoms with Crippen LogP contribution in [0.4, 0.5) is 0 Å². The van der Waals surface area contributed by atoms with Gasteiger partial charge in [-0.1, -0.05) is 0 Å². The van der Waals surface area contributed by atoms with E-state index < -0.39 is 0 Å². The summed E-state index contributed by atoms with van der Waals surface area (Å²) in [7, 11) is 0. The highest BCUT2D eigenvalue weighted by atomic mass is 15.3. The molecule has 0 aromatic carbocycles. The summed E-state index contributed by atoms with van der Waals surface area (Å²) in [6.07, 6.45) is 7.06. The lowest BCUT2D eigenvalue weighted by molar-refractivity contribution is 0.189. The highest BCUT2D eigenvalue weighted by Gasteiger charge is 2.38. The van der Waals surface area contributed by atoms with E-state index in [2.05, 4.69) is 9.80 Å². The normalized spacial score (nSPS) is 34.7. The predicted molar refractivity (Wildman–Crippen MR) is 66.4 cm³/mol. The molecule has 0 spiro atoms. The van der Waals surface area contributed by atoms with Crippen LogP contribution >= 0.6 is 0 Å². The lowest BCUT2D eigenvalue weighted by Gasteiger charge is -2.28. The molecule has 2 N–H and O–H groups in total. The van der Waals surface area contributed by atoms with Gasteiger partial charge >= 0.3 is 0 Å². The molecular formula is C13H25N3. The molecule has 0 aromatic rings. The Morgan fingerprint density at radius 3 is 2.44 bits per heavy atom. The molecule has 16 heavy (non-hydrogen) atoms. The van der Waals surface area contributed by atoms with Gasteiger partial charge in [-0.25, -0.2) is 0 Å². The van der Waals surface area contributed by atoms with Gasteiger partial charge in [0.2, 0.25) is 0 Å². The zero-order valence-corrected chi connectivity index (χ0v) is 10.3. The minimum atomic E-state index is 0.701. The van der Waals surface area contributed by atoms with Crippen LogP contribution in [0, 0.1) is 5.92 Å². The summed E-state index contributed by atoms with van der Waals surface area (Å²) in [5.41, 5.74) is 5.94. The number of rotatable bonds is 4. The third-order valence-corrected chi connectivity index (χ3v) is 4.73. The van der Waals surface area contributed by atoms with E-state index in [0.717, 1.165) is 18.5 Å². The van der Waals surface area contributed by atoms with Crippen LogP contribution in [-0.4, -0.2) is 54.6 Å². The molecule has 0 radical (unpaired) electrons. The zero-order valence-electron chi connectivity index (χ0n) is 10.3. The minimum Gasteiger partial charge on any atom is -0.329 e. The van der Waals surface area contributed by atoms with E-state index in [-0.39, 0.29) is 0 Å². The van der Waals surface area contributed by atoms with E-state index in [1.54, 1.807) is 0 Å². The minimum absolute atomic E-state index is 0.701. The maximum Gasteiger partial charge on any atom is 0.0247 e. The van der Waals surface area contributed by atoms with Crippen LogP contribution in [-0.2, 0) is 0 Å². The number of hydrogen-bond acceptors (Lipinski definition) is 3. The Bertz CT molecular complexity index is 233. The molecular weight excluding hydrogens is 198 g/mol. The van der Waals surface area contributed by atoms with Crippen molar-refractivity contribution in [3.05, 3.63) is 0 Å². The topological polar surface area (TPSA) is 32.5 Å². The van der Waals surface area contributed by atoms with Gasteiger partial charge in [0.05, 0.1) is 0 Å². The van der Waals surface area contributed by atoms with E-state index in [9.17, 15) is 0 Å². The fourth-order valence-corrected chi connectivity index (χ4v) is 3.59. The Labute approximate surface area is 99.0 Å². The first kappa shape index (κ1) is 11.0. The first-order chi connectivity index (χ1) is 7.88. The van der Waals surface area contributed by atoms with Crippen LogP contribution in [0.3, 0.4) is 0 Å². The first-order valence-electron chi connectivity index (χ1n) is 7.06. The van der Waals surface area contributed by atoms with Gasteiger partial charge in [-0.05, 0) is 51.1 Å². The van der Waals surface area contributed by atoms with Crippen LogP contribution in [0.5, 0.6) is 0 Å². The van der Waals surface area contributed by atoms with E-state index in [0.29, 0.717) is 6.04 Å². The van der Waals surface area contributed by atoms with Crippen LogP contribution in [0.25, 0.3) is 0 Å². The average molecular weight is 223 g/mol. The molecule has 1 saturated carbocycles. The summed E-state index contributed by atoms with van der Waals surface area (Å²) < 4.78 is 0. The molecule has 2 unspecified atom stereocenters. The van der Waals surface area contributed by atoms with Crippen molar-refractivity contribution in [3.8, 4) is 0 Å². The Balaban J connectivity index is 1.54. The maximum atomic E-state index is 5.94. The van der Waals surface area contributed by atoms with Gasteiger partial charge < -0.3 is 5.73 Å². The van der Waals surface area contributed by atoms with E-state index in [1.807, 2.05) is 0 Å². The standard InChI is InChI=1S/C13H25N3/c14-9-13(11-3-4-11)16-8-5-12(10-16)15-6-1-2-7-15/h11-13H,1-10,14H2. The van der Waals surface area contributed by atoms with Crippen molar-refractivity contribution in [3.63, 3.8) is 0 Å². The molecule has 92 valence electrons. The van der Waals surface area contributed by atoms with Crippen LogP contribution in [0.2, 0.25) is 0 Å². The van der Waals surface area contributed by atoms with Crippen LogP contribution in [0.15, 0.2) is 0 Å². The van der Waals surface area contributed by atoms with E-state index >= 15 is 0 Å². The largest absolute Gasteiger partial charge is 0.329 e. The summed E-state index contributed by atoms with van der Waals surface area (Å²) in [6.45, 7) is 6.14. The van der Waals surface area contributed by atoms with Gasteiger partial charge in [-0.3, -0.25) is 9.80 Å². The monoisotopic (exact) mass is 223 g/mol. The Morgan fingerprint density at radius 1 is 1.06 bits per heavy atom. The summed E-state index contributed by atoms with van der Waals surface area (Å²) in [5, 5.41) is 0. The average Bonchev–Trinajstić information content (AvgIpc) is 2.84. The van der Waals surface area contributed by atoms with Gasteiger partial charge in [-0.2, -0.15) is 0 Å². The van der Waals surface area contributed by atoms with Crippen molar-refractivity contribution >= 4 is 0 Å². The molecule has 3 heteroatoms. The molecule has 3 nitrogen and oxygen atoms in total. The van der Waals surface area contributed by atoms with Crippen molar-refractivity contribution in [1.29, 1.82) is 0 Å². The quantitative estimate of drug-likeness (QED) is 0.768. The molecule has 2 aliphatic heterocycles. The van der Waals surface area contributed by atoms with Crippen molar-refractivity contribution in [2.75, 3.05) is 32.7 Å². The molecule has 1 aliphatic carbocycles. The molecule has 2 saturated heterocycles. The summed E-state index contributed by atoms with van der Waals surface area (Å²) in [6, 6.07) is 1.54. The van der Waals surface area contributed by atoms with Gasteiger partial charge in [0.25, 0.3) is 0 Å². The molecule has 3 rings (SSSR count). The second-order valence-corrected chi connectivity index (χ2v) is 5.82. The van der Waals surface area contributed by atoms with Gasteiger partial charge in [-0.15, -0.1) is 0 Å². The number of likely N-dealkylation sites (tertiary alicyclic amines) is 2. The SMILES string of the molecule is NCC(C1CC1)N1CCC(N2CCCC2)C1. The summed E-state index contributed by atoms with van der Waals surface area (Å²) in [4.78, 5) is 5.39. The molecule has 0 bridgehead atoms. The smallest absolute Gasteiger partial charge is 0.0247 e. The summed E-state index contributed by atoms with van der Waals surface area (Å²) in [5.74, 6) is 0.933. The van der Waals surface area contributed by atoms with Crippen molar-refractivity contribution < 1.29 is 0 Å². The first-order valence-corrected chi connectivity index (χ1v) is 7.06. The molecule has 2 atom stereocenters. The highest BCUT2D eigenvalue weighted by Crippen LogP contribution is 2.36. The molecule has 0 aromatic heterocycles. The number of nitrogens with zero attached hydrogens (tertiary/aromatic N) is 2. The number of nitrogens with two attached hydrogens (primary N) is 1. The zero-order chi connectivity index (χ0) is 11.0. The Kier molecular flexibility index (Phi) is 3.18. The van der Waals surface area contributed by atoms with Crippen molar-refractivity contribution in [1.82, 2.24) is 9.80 Å².